The van der Waals surface area contributed by atoms with E-state index < -0.39 is 26.3 Å². The second kappa shape index (κ2) is 11.3. The fourth-order valence-corrected chi connectivity index (χ4v) is 4.38. The molecule has 9 nitrogen and oxygen atoms in total. The van der Waals surface area contributed by atoms with Gasteiger partial charge in [0.1, 0.15) is 10.6 Å². The Balaban J connectivity index is 2.07. The van der Waals surface area contributed by atoms with E-state index in [0.29, 0.717) is 22.7 Å². The molecule has 1 heterocycles. The van der Waals surface area contributed by atoms with Crippen LogP contribution in [0.3, 0.4) is 0 Å². The van der Waals surface area contributed by atoms with Gasteiger partial charge in [-0.15, -0.1) is 4.73 Å². The second-order valence-corrected chi connectivity index (χ2v) is 9.80. The summed E-state index contributed by atoms with van der Waals surface area (Å²) >= 11 is 3.03. The minimum absolute atomic E-state index is 0.0382. The van der Waals surface area contributed by atoms with E-state index in [4.69, 9.17) is 9.02 Å². The van der Waals surface area contributed by atoms with Crippen molar-refractivity contribution in [2.24, 2.45) is 0 Å². The van der Waals surface area contributed by atoms with Crippen molar-refractivity contribution in [2.45, 2.75) is 31.6 Å². The first-order valence-electron chi connectivity index (χ1n) is 10.7. The molecule has 0 bridgehead atoms. The van der Waals surface area contributed by atoms with Gasteiger partial charge in [0.25, 0.3) is 5.56 Å². The summed E-state index contributed by atoms with van der Waals surface area (Å²) < 4.78 is 36.6. The third-order valence-electron chi connectivity index (χ3n) is 4.99. The van der Waals surface area contributed by atoms with Gasteiger partial charge < -0.3 is 4.74 Å². The van der Waals surface area contributed by atoms with E-state index in [1.54, 1.807) is 30.3 Å². The molecule has 0 saturated carbocycles. The molecule has 0 unspecified atom stereocenters. The average molecular weight is 563 g/mol. The molecule has 0 aliphatic rings. The molecule has 0 amide bonds. The number of nitrogens with zero attached hydrogens (tertiary/aromatic N) is 2. The van der Waals surface area contributed by atoms with Gasteiger partial charge in [-0.25, -0.2) is 0 Å². The lowest BCUT2D eigenvalue weighted by Gasteiger charge is -2.14. The predicted octanol–water partition coefficient (Wildman–Crippen LogP) is 4.99. The zero-order valence-electron chi connectivity index (χ0n) is 19.0. The normalized spacial score (nSPS) is 11.5. The van der Waals surface area contributed by atoms with Gasteiger partial charge in [-0.2, -0.15) is 8.42 Å². The summed E-state index contributed by atoms with van der Waals surface area (Å²) in [5.41, 5.74) is -1.02. The minimum Gasteiger partial charge on any atom is -0.494 e. The van der Waals surface area contributed by atoms with Gasteiger partial charge in [0.15, 0.2) is 5.69 Å². The second-order valence-electron chi connectivity index (χ2n) is 7.48. The van der Waals surface area contributed by atoms with Gasteiger partial charge in [0.05, 0.1) is 16.0 Å². The predicted molar refractivity (Wildman–Crippen MR) is 136 cm³/mol. The molecule has 0 spiro atoms. The summed E-state index contributed by atoms with van der Waals surface area (Å²) in [6, 6.07) is 14.1. The standard InChI is InChI=1S/C24H23BrN2O7S/c1-3-4-16-33-19-13-10-18(11-14-19)12-15-21-23(27(29)30)17(2)22(25)24(28)26(21)34-35(31,32)20-8-6-5-7-9-20/h5-15H,3-4,16H2,1-2H3. The van der Waals surface area contributed by atoms with Gasteiger partial charge in [-0.3, -0.25) is 19.2 Å². The zero-order valence-corrected chi connectivity index (χ0v) is 21.4. The molecule has 184 valence electrons. The summed E-state index contributed by atoms with van der Waals surface area (Å²) in [6.07, 6.45) is 4.72. The maximum Gasteiger partial charge on any atom is 0.357 e. The number of aromatic nitrogens is 1. The highest BCUT2D eigenvalue weighted by Gasteiger charge is 2.29. The molecular weight excluding hydrogens is 540 g/mol. The number of benzene rings is 2. The van der Waals surface area contributed by atoms with Crippen LogP contribution >= 0.6 is 15.9 Å². The Hall–Kier alpha value is -3.44. The largest absolute Gasteiger partial charge is 0.494 e. The molecule has 0 atom stereocenters. The summed E-state index contributed by atoms with van der Waals surface area (Å²) in [5, 5.41) is 11.9. The fourth-order valence-electron chi connectivity index (χ4n) is 3.12. The Kier molecular flexibility index (Phi) is 8.47. The van der Waals surface area contributed by atoms with Gasteiger partial charge in [-0.1, -0.05) is 49.8 Å². The number of unbranched alkanes of at least 4 members (excludes halogenated alkanes) is 1. The molecule has 3 rings (SSSR count). The van der Waals surface area contributed by atoms with Crippen molar-refractivity contribution in [2.75, 3.05) is 6.61 Å². The van der Waals surface area contributed by atoms with E-state index in [0.717, 1.165) is 12.8 Å². The van der Waals surface area contributed by atoms with E-state index in [9.17, 15) is 23.3 Å². The lowest BCUT2D eigenvalue weighted by Crippen LogP contribution is -2.34. The quantitative estimate of drug-likeness (QED) is 0.194. The summed E-state index contributed by atoms with van der Waals surface area (Å²) in [4.78, 5) is 23.9. The molecule has 0 saturated heterocycles. The Morgan fingerprint density at radius 3 is 2.34 bits per heavy atom. The molecule has 0 radical (unpaired) electrons. The lowest BCUT2D eigenvalue weighted by atomic mass is 10.1. The molecule has 0 fully saturated rings. The Bertz CT molecular complexity index is 1400. The average Bonchev–Trinajstić information content (AvgIpc) is 2.84. The third-order valence-corrected chi connectivity index (χ3v) is 7.11. The van der Waals surface area contributed by atoms with Gasteiger partial charge in [0, 0.05) is 5.56 Å². The van der Waals surface area contributed by atoms with Crippen LogP contribution in [-0.2, 0) is 10.1 Å². The molecule has 3 aromatic rings. The number of halogens is 1. The van der Waals surface area contributed by atoms with Crippen molar-refractivity contribution in [1.29, 1.82) is 0 Å². The van der Waals surface area contributed by atoms with Crippen molar-refractivity contribution >= 4 is 43.9 Å². The molecule has 0 aliphatic heterocycles. The first kappa shape index (κ1) is 26.2. The van der Waals surface area contributed by atoms with Gasteiger partial charge >= 0.3 is 15.8 Å². The molecule has 0 aliphatic carbocycles. The van der Waals surface area contributed by atoms with E-state index in [1.807, 2.05) is 0 Å². The Labute approximate surface area is 211 Å². The fraction of sp³-hybridized carbons (Fsp3) is 0.208. The highest BCUT2D eigenvalue weighted by molar-refractivity contribution is 9.10. The van der Waals surface area contributed by atoms with Crippen LogP contribution in [0.5, 0.6) is 5.75 Å². The molecule has 35 heavy (non-hydrogen) atoms. The van der Waals surface area contributed by atoms with Crippen LogP contribution in [0.1, 0.15) is 36.6 Å². The highest BCUT2D eigenvalue weighted by atomic mass is 79.9. The lowest BCUT2D eigenvalue weighted by molar-refractivity contribution is -0.386. The van der Waals surface area contributed by atoms with E-state index >= 15 is 0 Å². The van der Waals surface area contributed by atoms with Crippen LogP contribution in [0.4, 0.5) is 5.69 Å². The first-order chi connectivity index (χ1) is 16.7. The zero-order chi connectivity index (χ0) is 25.6. The van der Waals surface area contributed by atoms with E-state index in [-0.39, 0.29) is 20.6 Å². The molecule has 2 aromatic carbocycles. The van der Waals surface area contributed by atoms with Crippen molar-refractivity contribution in [3.05, 3.63) is 96.4 Å². The van der Waals surface area contributed by atoms with Crippen molar-refractivity contribution in [3.8, 4) is 5.75 Å². The van der Waals surface area contributed by atoms with Crippen LogP contribution in [0.15, 0.2) is 68.8 Å². The van der Waals surface area contributed by atoms with Crippen molar-refractivity contribution in [3.63, 3.8) is 0 Å². The number of rotatable bonds is 10. The molecule has 0 N–H and O–H groups in total. The van der Waals surface area contributed by atoms with Crippen LogP contribution in [0, 0.1) is 17.0 Å². The van der Waals surface area contributed by atoms with Crippen LogP contribution < -0.4 is 14.6 Å². The third kappa shape index (κ3) is 6.17. The molecular formula is C24H23BrN2O7S. The number of nitro groups is 1. The molecule has 1 aromatic heterocycles. The van der Waals surface area contributed by atoms with Crippen LogP contribution in [0.25, 0.3) is 12.2 Å². The summed E-state index contributed by atoms with van der Waals surface area (Å²) in [7, 11) is -4.46. The van der Waals surface area contributed by atoms with Gasteiger partial charge in [0.2, 0.25) is 0 Å². The van der Waals surface area contributed by atoms with Crippen molar-refractivity contribution in [1.82, 2.24) is 4.73 Å². The number of hydrogen-bond acceptors (Lipinski definition) is 7. The van der Waals surface area contributed by atoms with E-state index in [1.165, 1.54) is 43.3 Å². The van der Waals surface area contributed by atoms with Crippen LogP contribution in [0.2, 0.25) is 0 Å². The number of hydrogen-bond donors (Lipinski definition) is 0. The molecule has 11 heteroatoms. The summed E-state index contributed by atoms with van der Waals surface area (Å²) in [5.74, 6) is 0.676. The van der Waals surface area contributed by atoms with Gasteiger partial charge in [-0.05, 0) is 65.2 Å². The Morgan fingerprint density at radius 2 is 1.74 bits per heavy atom. The number of pyridine rings is 1. The first-order valence-corrected chi connectivity index (χ1v) is 12.9. The maximum absolute atomic E-state index is 12.9. The smallest absolute Gasteiger partial charge is 0.357 e. The highest BCUT2D eigenvalue weighted by Crippen LogP contribution is 2.29. The Morgan fingerprint density at radius 1 is 1.09 bits per heavy atom. The van der Waals surface area contributed by atoms with Crippen LogP contribution in [-0.4, -0.2) is 24.7 Å². The topological polar surface area (TPSA) is 118 Å². The minimum atomic E-state index is -4.46. The SMILES string of the molecule is CCCCOc1ccc(C=Cc2c([N+](=O)[O-])c(C)c(Br)c(=O)n2OS(=O)(=O)c2ccccc2)cc1. The number of ether oxygens (including phenoxy) is 1. The summed E-state index contributed by atoms with van der Waals surface area (Å²) in [6.45, 7) is 4.05. The maximum atomic E-state index is 12.9. The monoisotopic (exact) mass is 562 g/mol. The van der Waals surface area contributed by atoms with E-state index in [2.05, 4.69) is 22.9 Å². The van der Waals surface area contributed by atoms with Crippen molar-refractivity contribution < 1.29 is 22.4 Å².